The van der Waals surface area contributed by atoms with Crippen LogP contribution in [-0.2, 0) is 4.79 Å². The van der Waals surface area contributed by atoms with Gasteiger partial charge in [0, 0.05) is 0 Å². The maximum Gasteiger partial charge on any atom is 0.303 e. The van der Waals surface area contributed by atoms with Crippen molar-refractivity contribution >= 4 is 5.97 Å². The summed E-state index contributed by atoms with van der Waals surface area (Å²) in [7, 11) is 0. The van der Waals surface area contributed by atoms with Crippen molar-refractivity contribution in [2.75, 3.05) is 0 Å². The molecular weight excluding hydrogens is 176 g/mol. The highest BCUT2D eigenvalue weighted by Gasteiger charge is 2.55. The highest BCUT2D eigenvalue weighted by Crippen LogP contribution is 2.63. The lowest BCUT2D eigenvalue weighted by atomic mass is 9.63. The van der Waals surface area contributed by atoms with Crippen molar-refractivity contribution in [2.24, 2.45) is 16.7 Å². The molecule has 2 aliphatic carbocycles. The fourth-order valence-electron chi connectivity index (χ4n) is 3.56. The first kappa shape index (κ1) is 9.75. The highest BCUT2D eigenvalue weighted by atomic mass is 16.4. The quantitative estimate of drug-likeness (QED) is 0.701. The molecule has 2 rings (SSSR count). The van der Waals surface area contributed by atoms with Gasteiger partial charge in [-0.3, -0.25) is 4.79 Å². The second kappa shape index (κ2) is 2.85. The van der Waals surface area contributed by atoms with E-state index < -0.39 is 5.97 Å². The third-order valence-corrected chi connectivity index (χ3v) is 4.40. The largest absolute Gasteiger partial charge is 0.481 e. The average molecular weight is 194 g/mol. The van der Waals surface area contributed by atoms with Crippen molar-refractivity contribution in [1.82, 2.24) is 0 Å². The van der Waals surface area contributed by atoms with Crippen LogP contribution in [0, 0.1) is 16.7 Å². The monoisotopic (exact) mass is 194 g/mol. The molecule has 0 radical (unpaired) electrons. The van der Waals surface area contributed by atoms with Crippen LogP contribution in [0.3, 0.4) is 0 Å². The SMILES string of the molecule is CCC12C=CC(CC1(C)CC(=O)O)C2. The average Bonchev–Trinajstić information content (AvgIpc) is 2.57. The van der Waals surface area contributed by atoms with Crippen LogP contribution in [0.4, 0.5) is 0 Å². The van der Waals surface area contributed by atoms with Crippen molar-refractivity contribution in [3.05, 3.63) is 12.2 Å². The summed E-state index contributed by atoms with van der Waals surface area (Å²) in [6.45, 7) is 4.33. The number of carboxylic acid groups (broad SMARTS) is 1. The van der Waals surface area contributed by atoms with Crippen LogP contribution in [0.5, 0.6) is 0 Å². The van der Waals surface area contributed by atoms with Crippen LogP contribution in [0.15, 0.2) is 12.2 Å². The van der Waals surface area contributed by atoms with Crippen molar-refractivity contribution in [2.45, 2.75) is 39.5 Å². The summed E-state index contributed by atoms with van der Waals surface area (Å²) in [6, 6.07) is 0. The van der Waals surface area contributed by atoms with Crippen LogP contribution in [-0.4, -0.2) is 11.1 Å². The molecule has 0 aliphatic heterocycles. The summed E-state index contributed by atoms with van der Waals surface area (Å²) in [5.74, 6) is -0.0134. The number of hydrogen-bond donors (Lipinski definition) is 1. The Hall–Kier alpha value is -0.790. The van der Waals surface area contributed by atoms with Crippen molar-refractivity contribution in [1.29, 1.82) is 0 Å². The van der Waals surface area contributed by atoms with Gasteiger partial charge in [-0.05, 0) is 36.0 Å². The summed E-state index contributed by atoms with van der Waals surface area (Å²) < 4.78 is 0. The van der Waals surface area contributed by atoms with Crippen LogP contribution < -0.4 is 0 Å². The number of aliphatic carboxylic acids is 1. The minimum atomic E-state index is -0.652. The van der Waals surface area contributed by atoms with Gasteiger partial charge in [0.1, 0.15) is 0 Å². The molecule has 3 atom stereocenters. The van der Waals surface area contributed by atoms with E-state index in [9.17, 15) is 4.79 Å². The van der Waals surface area contributed by atoms with E-state index in [1.165, 1.54) is 6.42 Å². The Morgan fingerprint density at radius 3 is 2.79 bits per heavy atom. The number of rotatable bonds is 3. The van der Waals surface area contributed by atoms with Gasteiger partial charge in [0.05, 0.1) is 6.42 Å². The van der Waals surface area contributed by atoms with E-state index in [-0.39, 0.29) is 10.8 Å². The molecule has 2 bridgehead atoms. The fourth-order valence-corrected chi connectivity index (χ4v) is 3.56. The molecule has 1 saturated carbocycles. The zero-order valence-corrected chi connectivity index (χ0v) is 8.92. The first-order chi connectivity index (χ1) is 6.51. The number of allylic oxidation sites excluding steroid dienone is 2. The zero-order chi connectivity index (χ0) is 10.4. The van der Waals surface area contributed by atoms with E-state index in [4.69, 9.17) is 5.11 Å². The lowest BCUT2D eigenvalue weighted by molar-refractivity contribution is -0.141. The van der Waals surface area contributed by atoms with Crippen molar-refractivity contribution in [3.8, 4) is 0 Å². The molecule has 0 aromatic rings. The van der Waals surface area contributed by atoms with Crippen molar-refractivity contribution in [3.63, 3.8) is 0 Å². The number of hydrogen-bond acceptors (Lipinski definition) is 1. The second-order valence-electron chi connectivity index (χ2n) is 5.17. The van der Waals surface area contributed by atoms with Gasteiger partial charge in [-0.15, -0.1) is 0 Å². The van der Waals surface area contributed by atoms with Crippen LogP contribution >= 0.6 is 0 Å². The topological polar surface area (TPSA) is 37.3 Å². The molecule has 0 saturated heterocycles. The molecule has 1 N–H and O–H groups in total. The lowest BCUT2D eigenvalue weighted by Gasteiger charge is -2.41. The number of carbonyl (C=O) groups is 1. The Morgan fingerprint density at radius 2 is 2.29 bits per heavy atom. The van der Waals surface area contributed by atoms with E-state index in [1.807, 2.05) is 0 Å². The summed E-state index contributed by atoms with van der Waals surface area (Å²) in [5.41, 5.74) is 0.170. The Morgan fingerprint density at radius 1 is 1.57 bits per heavy atom. The van der Waals surface area contributed by atoms with E-state index in [0.29, 0.717) is 12.3 Å². The number of fused-ring (bicyclic) bond motifs is 2. The summed E-state index contributed by atoms with van der Waals surface area (Å²) in [5, 5.41) is 8.95. The summed E-state index contributed by atoms with van der Waals surface area (Å²) in [6.07, 6.45) is 8.19. The summed E-state index contributed by atoms with van der Waals surface area (Å²) in [4.78, 5) is 10.9. The third-order valence-electron chi connectivity index (χ3n) is 4.40. The molecule has 78 valence electrons. The first-order valence-corrected chi connectivity index (χ1v) is 5.42. The molecule has 3 unspecified atom stereocenters. The molecule has 0 spiro atoms. The van der Waals surface area contributed by atoms with Gasteiger partial charge >= 0.3 is 5.97 Å². The maximum atomic E-state index is 10.9. The Labute approximate surface area is 85.0 Å². The highest BCUT2D eigenvalue weighted by molar-refractivity contribution is 5.68. The minimum Gasteiger partial charge on any atom is -0.481 e. The zero-order valence-electron chi connectivity index (χ0n) is 8.92. The van der Waals surface area contributed by atoms with E-state index in [0.717, 1.165) is 12.8 Å². The van der Waals surface area contributed by atoms with Gasteiger partial charge in [-0.1, -0.05) is 26.0 Å². The van der Waals surface area contributed by atoms with E-state index in [2.05, 4.69) is 26.0 Å². The molecule has 14 heavy (non-hydrogen) atoms. The molecule has 2 aliphatic rings. The molecule has 2 heteroatoms. The molecule has 0 heterocycles. The Bertz CT molecular complexity index is 295. The smallest absolute Gasteiger partial charge is 0.303 e. The standard InChI is InChI=1S/C12H18O2/c1-3-12-5-4-9(7-12)6-11(12,2)8-10(13)14/h4-5,9H,3,6-8H2,1-2H3,(H,13,14). The third kappa shape index (κ3) is 1.13. The first-order valence-electron chi connectivity index (χ1n) is 5.42. The summed E-state index contributed by atoms with van der Waals surface area (Å²) >= 11 is 0. The minimum absolute atomic E-state index is 0.00694. The normalized spacial score (nSPS) is 44.6. The van der Waals surface area contributed by atoms with E-state index in [1.54, 1.807) is 0 Å². The lowest BCUT2D eigenvalue weighted by Crippen LogP contribution is -2.35. The van der Waals surface area contributed by atoms with Gasteiger partial charge in [-0.2, -0.15) is 0 Å². The Balaban J connectivity index is 2.28. The van der Waals surface area contributed by atoms with Gasteiger partial charge in [0.25, 0.3) is 0 Å². The molecule has 0 aromatic carbocycles. The second-order valence-corrected chi connectivity index (χ2v) is 5.17. The van der Waals surface area contributed by atoms with Crippen LogP contribution in [0.2, 0.25) is 0 Å². The Kier molecular flexibility index (Phi) is 1.98. The molecule has 0 aromatic heterocycles. The van der Waals surface area contributed by atoms with Crippen LogP contribution in [0.1, 0.15) is 39.5 Å². The molecular formula is C12H18O2. The van der Waals surface area contributed by atoms with Crippen LogP contribution in [0.25, 0.3) is 0 Å². The predicted octanol–water partition coefficient (Wildman–Crippen LogP) is 2.84. The number of carboxylic acids is 1. The maximum absolute atomic E-state index is 10.9. The van der Waals surface area contributed by atoms with Gasteiger partial charge in [0.15, 0.2) is 0 Å². The molecule has 0 amide bonds. The van der Waals surface area contributed by atoms with Gasteiger partial charge in [0.2, 0.25) is 0 Å². The predicted molar refractivity (Wildman–Crippen MR) is 54.9 cm³/mol. The van der Waals surface area contributed by atoms with E-state index >= 15 is 0 Å². The van der Waals surface area contributed by atoms with Gasteiger partial charge < -0.3 is 5.11 Å². The fraction of sp³-hybridized carbons (Fsp3) is 0.750. The molecule has 2 nitrogen and oxygen atoms in total. The van der Waals surface area contributed by atoms with Gasteiger partial charge in [-0.25, -0.2) is 0 Å². The molecule has 1 fully saturated rings. The van der Waals surface area contributed by atoms with Crippen molar-refractivity contribution < 1.29 is 9.90 Å².